The van der Waals surface area contributed by atoms with Crippen LogP contribution in [0.15, 0.2) is 48.5 Å². The van der Waals surface area contributed by atoms with Gasteiger partial charge in [-0.1, -0.05) is 63.8 Å². The molecule has 0 amide bonds. The van der Waals surface area contributed by atoms with Crippen LogP contribution in [0.1, 0.15) is 45.4 Å². The Balaban J connectivity index is 2.01. The Bertz CT molecular complexity index is 978. The second kappa shape index (κ2) is 11.1. The Morgan fingerprint density at radius 2 is 1.25 bits per heavy atom. The fraction of sp³-hybridized carbons (Fsp3) is 0.444. The van der Waals surface area contributed by atoms with Crippen LogP contribution in [0.25, 0.3) is 22.5 Å². The van der Waals surface area contributed by atoms with Crippen LogP contribution in [0.4, 0.5) is 11.4 Å². The summed E-state index contributed by atoms with van der Waals surface area (Å²) in [4.78, 5) is 9.25. The van der Waals surface area contributed by atoms with E-state index in [1.165, 1.54) is 24.9 Å². The van der Waals surface area contributed by atoms with Gasteiger partial charge in [0.2, 0.25) is 0 Å². The van der Waals surface area contributed by atoms with Gasteiger partial charge >= 0.3 is 0 Å². The quantitative estimate of drug-likeness (QED) is 0.388. The lowest BCUT2D eigenvalue weighted by atomic mass is 9.95. The van der Waals surface area contributed by atoms with E-state index in [4.69, 9.17) is 4.98 Å². The largest absolute Gasteiger partial charge is 0.378 e. The van der Waals surface area contributed by atoms with Crippen molar-refractivity contribution in [1.29, 1.82) is 0 Å². The number of anilines is 2. The zero-order chi connectivity index (χ0) is 23.1. The van der Waals surface area contributed by atoms with Crippen LogP contribution in [0.2, 0.25) is 0 Å². The van der Waals surface area contributed by atoms with E-state index in [0.29, 0.717) is 5.92 Å². The first-order valence-electron chi connectivity index (χ1n) is 11.7. The van der Waals surface area contributed by atoms with Gasteiger partial charge in [0.15, 0.2) is 5.82 Å². The molecule has 3 rings (SSSR count). The van der Waals surface area contributed by atoms with Gasteiger partial charge in [-0.25, -0.2) is 4.98 Å². The van der Waals surface area contributed by atoms with Crippen LogP contribution in [0, 0.1) is 5.92 Å². The van der Waals surface area contributed by atoms with Crippen LogP contribution in [0.5, 0.6) is 0 Å². The van der Waals surface area contributed by atoms with Gasteiger partial charge in [-0.2, -0.15) is 0 Å². The highest BCUT2D eigenvalue weighted by Gasteiger charge is 2.16. The number of nitrogens with zero attached hydrogens (tertiary/aromatic N) is 5. The van der Waals surface area contributed by atoms with Crippen molar-refractivity contribution < 1.29 is 0 Å². The average Bonchev–Trinajstić information content (AvgIpc) is 2.81. The van der Waals surface area contributed by atoms with Crippen molar-refractivity contribution in [3.8, 4) is 22.5 Å². The fourth-order valence-electron chi connectivity index (χ4n) is 3.88. The van der Waals surface area contributed by atoms with Crippen molar-refractivity contribution in [1.82, 2.24) is 15.2 Å². The molecule has 1 heterocycles. The van der Waals surface area contributed by atoms with E-state index < -0.39 is 0 Å². The Hall–Kier alpha value is -2.95. The molecule has 1 unspecified atom stereocenters. The molecule has 0 aliphatic heterocycles. The summed E-state index contributed by atoms with van der Waals surface area (Å²) >= 11 is 0. The zero-order valence-electron chi connectivity index (χ0n) is 20.5. The molecule has 0 radical (unpaired) electrons. The van der Waals surface area contributed by atoms with Gasteiger partial charge in [-0.3, -0.25) is 0 Å². The summed E-state index contributed by atoms with van der Waals surface area (Å²) < 4.78 is 0. The maximum Gasteiger partial charge on any atom is 0.151 e. The first-order valence-corrected chi connectivity index (χ1v) is 11.7. The topological polar surface area (TPSA) is 45.2 Å². The molecule has 0 saturated carbocycles. The van der Waals surface area contributed by atoms with Crippen LogP contribution < -0.4 is 9.80 Å². The molecule has 2 aromatic carbocycles. The lowest BCUT2D eigenvalue weighted by Crippen LogP contribution is -2.10. The SMILES string of the molecule is CCCCC(CC)Cc1nnc(-c2ccc(N(C)C)cc2)c(-c2ccc(N(C)C)cc2)n1. The van der Waals surface area contributed by atoms with Crippen LogP contribution in [0.3, 0.4) is 0 Å². The monoisotopic (exact) mass is 431 g/mol. The predicted molar refractivity (Wildman–Crippen MR) is 136 cm³/mol. The summed E-state index contributed by atoms with van der Waals surface area (Å²) in [6.45, 7) is 4.51. The second-order valence-corrected chi connectivity index (χ2v) is 8.93. The third-order valence-corrected chi connectivity index (χ3v) is 6.06. The van der Waals surface area contributed by atoms with Gasteiger partial charge in [0.1, 0.15) is 11.4 Å². The summed E-state index contributed by atoms with van der Waals surface area (Å²) in [6.07, 6.45) is 5.72. The van der Waals surface area contributed by atoms with Crippen LogP contribution in [-0.2, 0) is 6.42 Å². The first-order chi connectivity index (χ1) is 15.4. The molecule has 5 heteroatoms. The number of aromatic nitrogens is 3. The van der Waals surface area contributed by atoms with E-state index in [1.54, 1.807) is 0 Å². The molecule has 0 aliphatic carbocycles. The molecule has 0 N–H and O–H groups in total. The van der Waals surface area contributed by atoms with E-state index in [-0.39, 0.29) is 0 Å². The summed E-state index contributed by atoms with van der Waals surface area (Å²) in [5.74, 6) is 1.44. The summed E-state index contributed by atoms with van der Waals surface area (Å²) in [5, 5.41) is 9.25. The minimum absolute atomic E-state index is 0.603. The minimum Gasteiger partial charge on any atom is -0.378 e. The fourth-order valence-corrected chi connectivity index (χ4v) is 3.88. The summed E-state index contributed by atoms with van der Waals surface area (Å²) in [7, 11) is 8.20. The van der Waals surface area contributed by atoms with Crippen molar-refractivity contribution in [3.63, 3.8) is 0 Å². The first kappa shape index (κ1) is 23.7. The van der Waals surface area contributed by atoms with Gasteiger partial charge in [-0.05, 0) is 30.2 Å². The molecule has 0 bridgehead atoms. The second-order valence-electron chi connectivity index (χ2n) is 8.93. The lowest BCUT2D eigenvalue weighted by Gasteiger charge is -2.16. The molecule has 32 heavy (non-hydrogen) atoms. The predicted octanol–water partition coefficient (Wildman–Crippen LogP) is 6.10. The van der Waals surface area contributed by atoms with E-state index in [0.717, 1.165) is 46.9 Å². The molecular weight excluding hydrogens is 394 g/mol. The van der Waals surface area contributed by atoms with Gasteiger partial charge in [0, 0.05) is 57.1 Å². The van der Waals surface area contributed by atoms with E-state index in [9.17, 15) is 0 Å². The number of rotatable bonds is 10. The molecule has 1 atom stereocenters. The maximum atomic E-state index is 5.05. The Kier molecular flexibility index (Phi) is 8.20. The number of unbranched alkanes of at least 4 members (excludes halogenated alkanes) is 1. The highest BCUT2D eigenvalue weighted by molar-refractivity contribution is 5.79. The van der Waals surface area contributed by atoms with Gasteiger partial charge in [0.05, 0.1) is 0 Å². The average molecular weight is 432 g/mol. The van der Waals surface area contributed by atoms with Crippen molar-refractivity contribution in [2.75, 3.05) is 38.0 Å². The number of hydrogen-bond acceptors (Lipinski definition) is 5. The van der Waals surface area contributed by atoms with Crippen molar-refractivity contribution in [2.45, 2.75) is 46.0 Å². The van der Waals surface area contributed by atoms with E-state index in [1.807, 2.05) is 14.1 Å². The van der Waals surface area contributed by atoms with Gasteiger partial charge in [0.25, 0.3) is 0 Å². The summed E-state index contributed by atoms with van der Waals surface area (Å²) in [5.41, 5.74) is 6.16. The zero-order valence-corrected chi connectivity index (χ0v) is 20.5. The normalized spacial score (nSPS) is 11.9. The molecule has 1 aromatic heterocycles. The highest BCUT2D eigenvalue weighted by Crippen LogP contribution is 2.31. The number of benzene rings is 2. The molecule has 0 fully saturated rings. The summed E-state index contributed by atoms with van der Waals surface area (Å²) in [6, 6.07) is 17.0. The van der Waals surface area contributed by atoms with Crippen molar-refractivity contribution in [3.05, 3.63) is 54.4 Å². The van der Waals surface area contributed by atoms with Crippen LogP contribution in [-0.4, -0.2) is 43.4 Å². The highest BCUT2D eigenvalue weighted by atomic mass is 15.2. The standard InChI is InChI=1S/C27H37N5/c1-7-9-10-20(8-2)19-25-28-26(21-11-15-23(16-12-21)31(3)4)27(30-29-25)22-13-17-24(18-14-22)32(5)6/h11-18,20H,7-10,19H2,1-6H3. The smallest absolute Gasteiger partial charge is 0.151 e. The Labute approximate surface area is 193 Å². The van der Waals surface area contributed by atoms with E-state index >= 15 is 0 Å². The number of hydrogen-bond donors (Lipinski definition) is 0. The van der Waals surface area contributed by atoms with Gasteiger partial charge < -0.3 is 9.80 Å². The Morgan fingerprint density at radius 3 is 1.72 bits per heavy atom. The minimum atomic E-state index is 0.603. The molecular formula is C27H37N5. The molecule has 5 nitrogen and oxygen atoms in total. The van der Waals surface area contributed by atoms with Crippen molar-refractivity contribution >= 4 is 11.4 Å². The third kappa shape index (κ3) is 5.84. The molecule has 0 saturated heterocycles. The maximum absolute atomic E-state index is 5.05. The Morgan fingerprint density at radius 1 is 0.719 bits per heavy atom. The third-order valence-electron chi connectivity index (χ3n) is 6.06. The molecule has 0 spiro atoms. The van der Waals surface area contributed by atoms with Gasteiger partial charge in [-0.15, -0.1) is 10.2 Å². The van der Waals surface area contributed by atoms with Crippen LogP contribution >= 0.6 is 0 Å². The lowest BCUT2D eigenvalue weighted by molar-refractivity contribution is 0.438. The molecule has 0 aliphatic rings. The van der Waals surface area contributed by atoms with Crippen molar-refractivity contribution in [2.24, 2.45) is 5.92 Å². The molecule has 3 aromatic rings. The molecule has 170 valence electrons. The van der Waals surface area contributed by atoms with E-state index in [2.05, 4.69) is 96.5 Å².